The summed E-state index contributed by atoms with van der Waals surface area (Å²) < 4.78 is 24.3. The highest BCUT2D eigenvalue weighted by molar-refractivity contribution is 9.10. The predicted octanol–water partition coefficient (Wildman–Crippen LogP) is 5.20. The molecule has 0 bridgehead atoms. The minimum Gasteiger partial charge on any atom is -0.302 e. The van der Waals surface area contributed by atoms with Crippen molar-refractivity contribution < 1.29 is 13.2 Å². The van der Waals surface area contributed by atoms with E-state index in [9.17, 15) is 13.2 Å². The molecule has 4 rings (SSSR count). The van der Waals surface area contributed by atoms with Crippen LogP contribution in [0.1, 0.15) is 41.6 Å². The molecule has 0 saturated heterocycles. The number of benzene rings is 2. The number of carbonyl (C=O) groups excluding carboxylic acids is 1. The van der Waals surface area contributed by atoms with Gasteiger partial charge in [-0.15, -0.1) is 11.3 Å². The van der Waals surface area contributed by atoms with Gasteiger partial charge in [-0.1, -0.05) is 54.0 Å². The Labute approximate surface area is 207 Å². The standard InChI is InChI=1S/C24H26BrN3O3S2/c1-15(2)23-22-20(14-28(23)13-17-5-4-6-18(25)11-17)32-24(27-22)26-21(29)12-16-7-9-19(10-8-16)33(3,30)31/h4-11,15,23H,12-14H2,1-3H3,(H,26,27,29). The SMILES string of the molecule is CC(C)C1c2nc(NC(=O)Cc3ccc(S(C)(=O)=O)cc3)sc2CN1Cc1cccc(Br)c1. The zero-order chi connectivity index (χ0) is 23.8. The Hall–Kier alpha value is -2.07. The van der Waals surface area contributed by atoms with Crippen LogP contribution >= 0.6 is 27.3 Å². The lowest BCUT2D eigenvalue weighted by Crippen LogP contribution is -2.26. The zero-order valence-corrected chi connectivity index (χ0v) is 21.9. The summed E-state index contributed by atoms with van der Waals surface area (Å²) in [6.07, 6.45) is 1.33. The molecular formula is C24H26BrN3O3S2. The molecular weight excluding hydrogens is 522 g/mol. The number of hydrogen-bond acceptors (Lipinski definition) is 6. The molecule has 2 heterocycles. The van der Waals surface area contributed by atoms with E-state index in [1.807, 2.05) is 6.07 Å². The maximum Gasteiger partial charge on any atom is 0.230 e. The average Bonchev–Trinajstić information content (AvgIpc) is 3.23. The number of thiazole rings is 1. The second kappa shape index (κ2) is 9.66. The first-order chi connectivity index (χ1) is 15.6. The van der Waals surface area contributed by atoms with Crippen molar-refractivity contribution in [2.24, 2.45) is 5.92 Å². The van der Waals surface area contributed by atoms with Crippen molar-refractivity contribution in [3.05, 3.63) is 74.7 Å². The number of amides is 1. The highest BCUT2D eigenvalue weighted by Crippen LogP contribution is 2.43. The first kappa shape index (κ1) is 24.1. The maximum atomic E-state index is 12.6. The minimum absolute atomic E-state index is 0.164. The zero-order valence-electron chi connectivity index (χ0n) is 18.7. The van der Waals surface area contributed by atoms with Gasteiger partial charge in [-0.2, -0.15) is 0 Å². The fraction of sp³-hybridized carbons (Fsp3) is 0.333. The summed E-state index contributed by atoms with van der Waals surface area (Å²) in [7, 11) is -3.25. The Morgan fingerprint density at radius 3 is 2.58 bits per heavy atom. The molecule has 1 amide bonds. The second-order valence-electron chi connectivity index (χ2n) is 8.69. The molecule has 1 unspecified atom stereocenters. The van der Waals surface area contributed by atoms with Crippen molar-refractivity contribution in [3.8, 4) is 0 Å². The molecule has 3 aromatic rings. The van der Waals surface area contributed by atoms with E-state index in [-0.39, 0.29) is 23.3 Å². The lowest BCUT2D eigenvalue weighted by Gasteiger charge is -2.27. The number of nitrogens with one attached hydrogen (secondary N) is 1. The fourth-order valence-corrected chi connectivity index (χ4v) is 6.30. The first-order valence-electron chi connectivity index (χ1n) is 10.7. The number of hydrogen-bond donors (Lipinski definition) is 1. The molecule has 1 aliphatic rings. The van der Waals surface area contributed by atoms with Gasteiger partial charge in [0.1, 0.15) is 0 Å². The van der Waals surface area contributed by atoms with Gasteiger partial charge in [-0.3, -0.25) is 9.69 Å². The van der Waals surface area contributed by atoms with E-state index in [1.54, 1.807) is 12.1 Å². The Bertz CT molecular complexity index is 1270. The predicted molar refractivity (Wildman–Crippen MR) is 135 cm³/mol. The van der Waals surface area contributed by atoms with Gasteiger partial charge in [-0.05, 0) is 41.3 Å². The van der Waals surface area contributed by atoms with E-state index in [0.29, 0.717) is 11.0 Å². The van der Waals surface area contributed by atoms with E-state index in [1.165, 1.54) is 40.2 Å². The van der Waals surface area contributed by atoms with Crippen molar-refractivity contribution in [2.45, 2.75) is 44.3 Å². The number of sulfone groups is 1. The first-order valence-corrected chi connectivity index (χ1v) is 14.2. The molecule has 33 heavy (non-hydrogen) atoms. The van der Waals surface area contributed by atoms with Gasteiger partial charge < -0.3 is 5.32 Å². The van der Waals surface area contributed by atoms with E-state index in [0.717, 1.165) is 28.8 Å². The van der Waals surface area contributed by atoms with Crippen LogP contribution in [0.15, 0.2) is 57.9 Å². The van der Waals surface area contributed by atoms with Gasteiger partial charge in [-0.25, -0.2) is 13.4 Å². The largest absolute Gasteiger partial charge is 0.302 e. The van der Waals surface area contributed by atoms with Gasteiger partial charge in [0, 0.05) is 28.7 Å². The van der Waals surface area contributed by atoms with Crippen LogP contribution in [0.25, 0.3) is 0 Å². The number of carbonyl (C=O) groups is 1. The average molecular weight is 549 g/mol. The van der Waals surface area contributed by atoms with Crippen molar-refractivity contribution in [1.29, 1.82) is 0 Å². The number of halogens is 1. The molecule has 1 aliphatic heterocycles. The molecule has 2 aromatic carbocycles. The Kier molecular flexibility index (Phi) is 7.04. The third-order valence-corrected chi connectivity index (χ3v) is 8.21. The third-order valence-electron chi connectivity index (χ3n) is 5.62. The minimum atomic E-state index is -3.25. The van der Waals surface area contributed by atoms with Crippen molar-refractivity contribution in [3.63, 3.8) is 0 Å². The lowest BCUT2D eigenvalue weighted by atomic mass is 10.0. The molecule has 1 N–H and O–H groups in total. The van der Waals surface area contributed by atoms with Crippen LogP contribution in [0.4, 0.5) is 5.13 Å². The molecule has 0 fully saturated rings. The van der Waals surface area contributed by atoms with Crippen molar-refractivity contribution in [2.75, 3.05) is 11.6 Å². The van der Waals surface area contributed by atoms with Crippen LogP contribution in [0.3, 0.4) is 0 Å². The van der Waals surface area contributed by atoms with E-state index in [4.69, 9.17) is 4.98 Å². The van der Waals surface area contributed by atoms with Crippen LogP contribution < -0.4 is 5.32 Å². The summed E-state index contributed by atoms with van der Waals surface area (Å²) in [5, 5.41) is 3.54. The molecule has 0 spiro atoms. The van der Waals surface area contributed by atoms with E-state index in [2.05, 4.69) is 58.2 Å². The summed E-state index contributed by atoms with van der Waals surface area (Å²) in [6, 6.07) is 15.0. The van der Waals surface area contributed by atoms with Crippen molar-refractivity contribution >= 4 is 48.1 Å². The van der Waals surface area contributed by atoms with Crippen LogP contribution in [0.2, 0.25) is 0 Å². The number of anilines is 1. The highest BCUT2D eigenvalue weighted by Gasteiger charge is 2.36. The van der Waals surface area contributed by atoms with Gasteiger partial charge in [0.25, 0.3) is 0 Å². The number of nitrogens with zero attached hydrogens (tertiary/aromatic N) is 2. The maximum absolute atomic E-state index is 12.6. The van der Waals surface area contributed by atoms with Gasteiger partial charge in [0.2, 0.25) is 5.91 Å². The molecule has 0 radical (unpaired) electrons. The van der Waals surface area contributed by atoms with Crippen LogP contribution in [-0.4, -0.2) is 30.5 Å². The summed E-state index contributed by atoms with van der Waals surface area (Å²) in [4.78, 5) is 21.2. The topological polar surface area (TPSA) is 79.4 Å². The smallest absolute Gasteiger partial charge is 0.230 e. The molecule has 9 heteroatoms. The Balaban J connectivity index is 1.43. The number of rotatable bonds is 7. The number of aromatic nitrogens is 1. The summed E-state index contributed by atoms with van der Waals surface area (Å²) in [5.41, 5.74) is 3.06. The second-order valence-corrected chi connectivity index (χ2v) is 12.7. The Morgan fingerprint density at radius 2 is 1.94 bits per heavy atom. The molecule has 6 nitrogen and oxygen atoms in total. The fourth-order valence-electron chi connectivity index (χ4n) is 4.18. The van der Waals surface area contributed by atoms with Gasteiger partial charge in [0.15, 0.2) is 15.0 Å². The monoisotopic (exact) mass is 547 g/mol. The molecule has 0 saturated carbocycles. The molecule has 0 aliphatic carbocycles. The third kappa shape index (κ3) is 5.71. The van der Waals surface area contributed by atoms with E-state index < -0.39 is 9.84 Å². The van der Waals surface area contributed by atoms with Crippen LogP contribution in [0.5, 0.6) is 0 Å². The summed E-state index contributed by atoms with van der Waals surface area (Å²) in [5.74, 6) is 0.221. The van der Waals surface area contributed by atoms with Gasteiger partial charge in [0.05, 0.1) is 23.1 Å². The number of fused-ring (bicyclic) bond motifs is 1. The highest BCUT2D eigenvalue weighted by atomic mass is 79.9. The quantitative estimate of drug-likeness (QED) is 0.439. The Morgan fingerprint density at radius 1 is 1.21 bits per heavy atom. The van der Waals surface area contributed by atoms with Crippen molar-refractivity contribution in [1.82, 2.24) is 9.88 Å². The molecule has 1 atom stereocenters. The van der Waals surface area contributed by atoms with Crippen LogP contribution in [-0.2, 0) is 34.1 Å². The summed E-state index contributed by atoms with van der Waals surface area (Å²) >= 11 is 5.08. The van der Waals surface area contributed by atoms with Crippen LogP contribution in [0, 0.1) is 5.92 Å². The van der Waals surface area contributed by atoms with Gasteiger partial charge >= 0.3 is 0 Å². The summed E-state index contributed by atoms with van der Waals surface area (Å²) in [6.45, 7) is 6.05. The lowest BCUT2D eigenvalue weighted by molar-refractivity contribution is -0.115. The molecule has 174 valence electrons. The normalized spacial score (nSPS) is 16.2. The molecule has 1 aromatic heterocycles. The van der Waals surface area contributed by atoms with E-state index >= 15 is 0 Å².